The van der Waals surface area contributed by atoms with Crippen LogP contribution < -0.4 is 11.1 Å². The van der Waals surface area contributed by atoms with Crippen molar-refractivity contribution < 1.29 is 19.5 Å². The molecule has 4 N–H and O–H groups in total. The third kappa shape index (κ3) is 4.23. The molecule has 7 heteroatoms. The smallest absolute Gasteiger partial charge is 0.325 e. The topological polar surface area (TPSA) is 113 Å². The molecule has 0 aliphatic carbocycles. The highest BCUT2D eigenvalue weighted by molar-refractivity contribution is 5.82. The molecule has 1 saturated heterocycles. The highest BCUT2D eigenvalue weighted by atomic mass is 16.4. The first-order valence-electron chi connectivity index (χ1n) is 5.96. The van der Waals surface area contributed by atoms with E-state index in [0.717, 1.165) is 12.8 Å². The minimum absolute atomic E-state index is 0.225. The molecule has 0 aromatic rings. The number of likely N-dealkylation sites (tertiary alicyclic amines) is 1. The van der Waals surface area contributed by atoms with E-state index in [9.17, 15) is 14.4 Å². The molecule has 18 heavy (non-hydrogen) atoms. The molecular formula is C11H19N3O4. The van der Waals surface area contributed by atoms with E-state index >= 15 is 0 Å². The molecule has 0 bridgehead atoms. The van der Waals surface area contributed by atoms with Crippen molar-refractivity contribution in [2.75, 3.05) is 13.1 Å². The number of urea groups is 1. The van der Waals surface area contributed by atoms with Crippen molar-refractivity contribution in [1.82, 2.24) is 10.2 Å². The minimum atomic E-state index is -1.06. The van der Waals surface area contributed by atoms with Gasteiger partial charge < -0.3 is 21.1 Å². The zero-order chi connectivity index (χ0) is 13.7. The van der Waals surface area contributed by atoms with Crippen LogP contribution in [0.25, 0.3) is 0 Å². The number of carbonyl (C=O) groups excluding carboxylic acids is 2. The van der Waals surface area contributed by atoms with Gasteiger partial charge in [0, 0.05) is 19.5 Å². The fourth-order valence-corrected chi connectivity index (χ4v) is 1.96. The van der Waals surface area contributed by atoms with Crippen molar-refractivity contribution in [3.8, 4) is 0 Å². The lowest BCUT2D eigenvalue weighted by Crippen LogP contribution is -2.49. The Morgan fingerprint density at radius 2 is 1.94 bits per heavy atom. The first-order chi connectivity index (χ1) is 8.40. The second-order valence-corrected chi connectivity index (χ2v) is 4.61. The predicted molar refractivity (Wildman–Crippen MR) is 63.7 cm³/mol. The van der Waals surface area contributed by atoms with Gasteiger partial charge in [-0.1, -0.05) is 0 Å². The second kappa shape index (κ2) is 6.23. The van der Waals surface area contributed by atoms with Gasteiger partial charge in [-0.2, -0.15) is 0 Å². The number of nitrogens with one attached hydrogen (secondary N) is 1. The van der Waals surface area contributed by atoms with Crippen LogP contribution in [0.3, 0.4) is 0 Å². The Balaban J connectivity index is 2.36. The molecule has 1 atom stereocenters. The van der Waals surface area contributed by atoms with Crippen LogP contribution in [0.2, 0.25) is 0 Å². The Morgan fingerprint density at radius 1 is 1.39 bits per heavy atom. The van der Waals surface area contributed by atoms with Crippen molar-refractivity contribution in [1.29, 1.82) is 0 Å². The Morgan fingerprint density at radius 3 is 2.39 bits per heavy atom. The van der Waals surface area contributed by atoms with Crippen molar-refractivity contribution in [2.24, 2.45) is 11.7 Å². The number of hydrogen-bond acceptors (Lipinski definition) is 3. The molecule has 7 nitrogen and oxygen atoms in total. The van der Waals surface area contributed by atoms with Gasteiger partial charge in [0.15, 0.2) is 0 Å². The average molecular weight is 257 g/mol. The zero-order valence-electron chi connectivity index (χ0n) is 10.4. The van der Waals surface area contributed by atoms with E-state index in [-0.39, 0.29) is 17.9 Å². The van der Waals surface area contributed by atoms with Gasteiger partial charge >= 0.3 is 12.0 Å². The van der Waals surface area contributed by atoms with E-state index in [1.807, 2.05) is 0 Å². The van der Waals surface area contributed by atoms with Gasteiger partial charge in [-0.15, -0.1) is 0 Å². The summed E-state index contributed by atoms with van der Waals surface area (Å²) in [7, 11) is 0. The Bertz CT molecular complexity index is 337. The quantitative estimate of drug-likeness (QED) is 0.644. The fraction of sp³-hybridized carbons (Fsp3) is 0.727. The van der Waals surface area contributed by atoms with Crippen molar-refractivity contribution in [3.05, 3.63) is 0 Å². The molecule has 1 aliphatic rings. The number of primary amides is 1. The van der Waals surface area contributed by atoms with Crippen molar-refractivity contribution in [3.63, 3.8) is 0 Å². The van der Waals surface area contributed by atoms with E-state index in [0.29, 0.717) is 19.5 Å². The highest BCUT2D eigenvalue weighted by Crippen LogP contribution is 2.20. The van der Waals surface area contributed by atoms with Gasteiger partial charge in [0.1, 0.15) is 6.04 Å². The summed E-state index contributed by atoms with van der Waals surface area (Å²) in [6.07, 6.45) is 1.79. The van der Waals surface area contributed by atoms with Crippen LogP contribution in [0.5, 0.6) is 0 Å². The number of aliphatic carboxylic acids is 1. The number of piperidine rings is 1. The number of hydrogen-bond donors (Lipinski definition) is 3. The van der Waals surface area contributed by atoms with E-state index < -0.39 is 12.0 Å². The molecule has 1 rings (SSSR count). The molecule has 1 fully saturated rings. The average Bonchev–Trinajstić information content (AvgIpc) is 2.28. The normalized spacial score (nSPS) is 18.2. The molecule has 0 spiro atoms. The summed E-state index contributed by atoms with van der Waals surface area (Å²) >= 11 is 0. The third-order valence-corrected chi connectivity index (χ3v) is 3.10. The first kappa shape index (κ1) is 14.3. The maximum atomic E-state index is 11.7. The summed E-state index contributed by atoms with van der Waals surface area (Å²) < 4.78 is 0. The molecule has 0 radical (unpaired) electrons. The number of carbonyl (C=O) groups is 3. The van der Waals surface area contributed by atoms with Gasteiger partial charge in [0.25, 0.3) is 0 Å². The summed E-state index contributed by atoms with van der Waals surface area (Å²) in [4.78, 5) is 34.6. The van der Waals surface area contributed by atoms with Crippen LogP contribution in [0.1, 0.15) is 26.2 Å². The van der Waals surface area contributed by atoms with Crippen LogP contribution in [0.4, 0.5) is 4.79 Å². The minimum Gasteiger partial charge on any atom is -0.480 e. The number of carboxylic acids is 1. The van der Waals surface area contributed by atoms with Crippen LogP contribution >= 0.6 is 0 Å². The number of nitrogens with zero attached hydrogens (tertiary/aromatic N) is 1. The van der Waals surface area contributed by atoms with Crippen LogP contribution in [-0.2, 0) is 9.59 Å². The Labute approximate surface area is 105 Å². The Kier molecular flexibility index (Phi) is 4.94. The maximum absolute atomic E-state index is 11.7. The largest absolute Gasteiger partial charge is 0.480 e. The summed E-state index contributed by atoms with van der Waals surface area (Å²) in [5, 5.41) is 11.1. The van der Waals surface area contributed by atoms with E-state index in [1.54, 1.807) is 4.90 Å². The number of amides is 3. The highest BCUT2D eigenvalue weighted by Gasteiger charge is 2.25. The van der Waals surface area contributed by atoms with Gasteiger partial charge in [-0.3, -0.25) is 9.59 Å². The number of nitrogens with two attached hydrogens (primary N) is 1. The lowest BCUT2D eigenvalue weighted by Gasteiger charge is -2.32. The molecule has 0 unspecified atom stereocenters. The Hall–Kier alpha value is -1.79. The second-order valence-electron chi connectivity index (χ2n) is 4.61. The fourth-order valence-electron chi connectivity index (χ4n) is 1.96. The van der Waals surface area contributed by atoms with Gasteiger partial charge in [0.05, 0.1) is 0 Å². The summed E-state index contributed by atoms with van der Waals surface area (Å²) in [6, 6.07) is -1.27. The SMILES string of the molecule is C[C@H](NC(=O)N1CCC(CC(N)=O)CC1)C(=O)O. The van der Waals surface area contributed by atoms with Gasteiger partial charge in [-0.25, -0.2) is 4.79 Å². The third-order valence-electron chi connectivity index (χ3n) is 3.10. The first-order valence-corrected chi connectivity index (χ1v) is 5.96. The van der Waals surface area contributed by atoms with Crippen molar-refractivity contribution in [2.45, 2.75) is 32.2 Å². The monoisotopic (exact) mass is 257 g/mol. The number of rotatable bonds is 4. The van der Waals surface area contributed by atoms with Crippen molar-refractivity contribution >= 4 is 17.9 Å². The molecule has 1 aliphatic heterocycles. The van der Waals surface area contributed by atoms with Crippen LogP contribution in [-0.4, -0.2) is 47.0 Å². The van der Waals surface area contributed by atoms with Gasteiger partial charge in [0.2, 0.25) is 5.91 Å². The van der Waals surface area contributed by atoms with E-state index in [1.165, 1.54) is 6.92 Å². The zero-order valence-corrected chi connectivity index (χ0v) is 10.4. The lowest BCUT2D eigenvalue weighted by atomic mass is 9.93. The van der Waals surface area contributed by atoms with Gasteiger partial charge in [-0.05, 0) is 25.7 Å². The van der Waals surface area contributed by atoms with E-state index in [4.69, 9.17) is 10.8 Å². The molecule has 0 aromatic heterocycles. The number of carboxylic acid groups (broad SMARTS) is 1. The molecule has 0 saturated carbocycles. The molecular weight excluding hydrogens is 238 g/mol. The lowest BCUT2D eigenvalue weighted by molar-refractivity contribution is -0.138. The summed E-state index contributed by atoms with van der Waals surface area (Å²) in [5.41, 5.74) is 5.12. The standard InChI is InChI=1S/C11H19N3O4/c1-7(10(16)17)13-11(18)14-4-2-8(3-5-14)6-9(12)15/h7-8H,2-6H2,1H3,(H2,12,15)(H,13,18)(H,16,17)/t7-/m0/s1. The van der Waals surface area contributed by atoms with E-state index in [2.05, 4.69) is 5.32 Å². The maximum Gasteiger partial charge on any atom is 0.325 e. The van der Waals surface area contributed by atoms with Crippen LogP contribution in [0.15, 0.2) is 0 Å². The summed E-state index contributed by atoms with van der Waals surface area (Å²) in [6.45, 7) is 2.46. The molecule has 102 valence electrons. The predicted octanol–water partition coefficient (Wildman–Crippen LogP) is -0.243. The molecule has 1 heterocycles. The molecule has 3 amide bonds. The van der Waals surface area contributed by atoms with Crippen LogP contribution in [0, 0.1) is 5.92 Å². The molecule has 0 aromatic carbocycles. The summed E-state index contributed by atoms with van der Waals surface area (Å²) in [5.74, 6) is -1.16.